The zero-order chi connectivity index (χ0) is 15.2. The second kappa shape index (κ2) is 6.67. The van der Waals surface area contributed by atoms with Gasteiger partial charge in [-0.3, -0.25) is 4.79 Å². The van der Waals surface area contributed by atoms with E-state index in [0.29, 0.717) is 12.2 Å². The lowest BCUT2D eigenvalue weighted by Gasteiger charge is -2.14. The third-order valence-corrected chi connectivity index (χ3v) is 3.15. The number of ether oxygens (including phenoxy) is 1. The van der Waals surface area contributed by atoms with Crippen LogP contribution in [0.5, 0.6) is 5.75 Å². The van der Waals surface area contributed by atoms with Crippen molar-refractivity contribution in [2.24, 2.45) is 7.05 Å². The average molecular weight is 282 g/mol. The fourth-order valence-corrected chi connectivity index (χ4v) is 1.89. The lowest BCUT2D eigenvalue weighted by molar-refractivity contribution is 0.0803. The Hall–Kier alpha value is -2.67. The van der Waals surface area contributed by atoms with E-state index in [2.05, 4.69) is 11.8 Å². The third kappa shape index (κ3) is 3.67. The molecule has 2 aromatic rings. The normalized spacial score (nSPS) is 9.67. The number of aryl methyl sites for hydroxylation is 1. The summed E-state index contributed by atoms with van der Waals surface area (Å²) in [5.41, 5.74) is 1.55. The molecule has 0 saturated carbocycles. The van der Waals surface area contributed by atoms with Crippen molar-refractivity contribution < 1.29 is 9.53 Å². The van der Waals surface area contributed by atoms with Crippen molar-refractivity contribution in [3.05, 3.63) is 53.9 Å². The highest BCUT2D eigenvalue weighted by Crippen LogP contribution is 2.10. The van der Waals surface area contributed by atoms with Gasteiger partial charge in [-0.25, -0.2) is 0 Å². The first-order chi connectivity index (χ1) is 10.1. The molecule has 1 aromatic carbocycles. The lowest BCUT2D eigenvalue weighted by Crippen LogP contribution is -2.28. The minimum Gasteiger partial charge on any atom is -0.497 e. The van der Waals surface area contributed by atoms with Gasteiger partial charge in [0.1, 0.15) is 11.4 Å². The molecule has 1 aromatic heterocycles. The molecule has 0 aliphatic carbocycles. The molecular weight excluding hydrogens is 264 g/mol. The minimum atomic E-state index is -0.0356. The van der Waals surface area contributed by atoms with Crippen LogP contribution in [0, 0.1) is 11.8 Å². The molecule has 4 nitrogen and oxygen atoms in total. The maximum absolute atomic E-state index is 12.2. The van der Waals surface area contributed by atoms with Crippen LogP contribution >= 0.6 is 0 Å². The maximum Gasteiger partial charge on any atom is 0.270 e. The first-order valence-corrected chi connectivity index (χ1v) is 6.61. The third-order valence-electron chi connectivity index (χ3n) is 3.15. The Morgan fingerprint density at radius 3 is 2.57 bits per heavy atom. The Labute approximate surface area is 124 Å². The van der Waals surface area contributed by atoms with Gasteiger partial charge in [-0.05, 0) is 36.4 Å². The molecule has 0 spiro atoms. The van der Waals surface area contributed by atoms with E-state index in [9.17, 15) is 4.79 Å². The standard InChI is InChI=1S/C17H18N2O2/c1-18-12-5-7-16(18)17(20)19(2)13-4-6-14-8-10-15(21-3)11-9-14/h5,7-12H,13H2,1-3H3. The van der Waals surface area contributed by atoms with Gasteiger partial charge >= 0.3 is 0 Å². The SMILES string of the molecule is COc1ccc(C#CCN(C)C(=O)c2cccn2C)cc1. The number of methoxy groups -OCH3 is 1. The predicted octanol–water partition coefficient (Wildman–Crippen LogP) is 2.16. The lowest BCUT2D eigenvalue weighted by atomic mass is 10.2. The smallest absolute Gasteiger partial charge is 0.270 e. The molecule has 0 aliphatic heterocycles. The van der Waals surface area contributed by atoms with Crippen molar-refractivity contribution in [1.82, 2.24) is 9.47 Å². The molecule has 0 aliphatic rings. The van der Waals surface area contributed by atoms with Crippen LogP contribution in [-0.2, 0) is 7.05 Å². The Kier molecular flexibility index (Phi) is 4.68. The van der Waals surface area contributed by atoms with Crippen LogP contribution in [0.3, 0.4) is 0 Å². The fourth-order valence-electron chi connectivity index (χ4n) is 1.89. The summed E-state index contributed by atoms with van der Waals surface area (Å²) in [7, 11) is 5.23. The number of carbonyl (C=O) groups is 1. The second-order valence-corrected chi connectivity index (χ2v) is 4.70. The molecule has 108 valence electrons. The number of aromatic nitrogens is 1. The summed E-state index contributed by atoms with van der Waals surface area (Å²) in [4.78, 5) is 13.8. The molecule has 21 heavy (non-hydrogen) atoms. The first kappa shape index (κ1) is 14.7. The van der Waals surface area contributed by atoms with E-state index >= 15 is 0 Å². The molecule has 0 radical (unpaired) electrons. The van der Waals surface area contributed by atoms with Crippen LogP contribution in [0.2, 0.25) is 0 Å². The van der Waals surface area contributed by atoms with Gasteiger partial charge in [-0.1, -0.05) is 11.8 Å². The molecule has 0 unspecified atom stereocenters. The fraction of sp³-hybridized carbons (Fsp3) is 0.235. The number of amides is 1. The minimum absolute atomic E-state index is 0.0356. The summed E-state index contributed by atoms with van der Waals surface area (Å²) in [5.74, 6) is 6.81. The van der Waals surface area contributed by atoms with Crippen molar-refractivity contribution >= 4 is 5.91 Å². The van der Waals surface area contributed by atoms with E-state index in [0.717, 1.165) is 11.3 Å². The molecule has 1 heterocycles. The zero-order valence-electron chi connectivity index (χ0n) is 12.5. The van der Waals surface area contributed by atoms with Gasteiger partial charge < -0.3 is 14.2 Å². The Bertz CT molecular complexity index is 675. The molecule has 2 rings (SSSR count). The van der Waals surface area contributed by atoms with Gasteiger partial charge in [0, 0.05) is 25.9 Å². The predicted molar refractivity (Wildman–Crippen MR) is 82.2 cm³/mol. The van der Waals surface area contributed by atoms with Gasteiger partial charge in [0.05, 0.1) is 13.7 Å². The average Bonchev–Trinajstić information content (AvgIpc) is 2.93. The molecule has 4 heteroatoms. The topological polar surface area (TPSA) is 34.5 Å². The summed E-state index contributed by atoms with van der Waals surface area (Å²) in [5, 5.41) is 0. The number of hydrogen-bond acceptors (Lipinski definition) is 2. The molecule has 0 atom stereocenters. The number of benzene rings is 1. The van der Waals surface area contributed by atoms with Crippen molar-refractivity contribution in [1.29, 1.82) is 0 Å². The number of rotatable bonds is 3. The van der Waals surface area contributed by atoms with Crippen LogP contribution in [-0.4, -0.2) is 36.1 Å². The highest BCUT2D eigenvalue weighted by molar-refractivity contribution is 5.92. The highest BCUT2D eigenvalue weighted by Gasteiger charge is 2.12. The number of nitrogens with zero attached hydrogens (tertiary/aromatic N) is 2. The van der Waals surface area contributed by atoms with Crippen molar-refractivity contribution in [2.75, 3.05) is 20.7 Å². The Morgan fingerprint density at radius 1 is 1.29 bits per heavy atom. The Morgan fingerprint density at radius 2 is 2.00 bits per heavy atom. The van der Waals surface area contributed by atoms with Gasteiger partial charge in [0.15, 0.2) is 0 Å². The number of carbonyl (C=O) groups excluding carboxylic acids is 1. The van der Waals surface area contributed by atoms with Crippen LogP contribution in [0.1, 0.15) is 16.1 Å². The molecule has 0 N–H and O–H groups in total. The molecule has 0 saturated heterocycles. The van der Waals surface area contributed by atoms with Gasteiger partial charge in [-0.15, -0.1) is 0 Å². The summed E-state index contributed by atoms with van der Waals surface area (Å²) >= 11 is 0. The van der Waals surface area contributed by atoms with E-state index in [1.165, 1.54) is 0 Å². The molecule has 0 fully saturated rings. The van der Waals surface area contributed by atoms with Gasteiger partial charge in [0.2, 0.25) is 0 Å². The second-order valence-electron chi connectivity index (χ2n) is 4.70. The van der Waals surface area contributed by atoms with E-state index in [1.807, 2.05) is 43.6 Å². The van der Waals surface area contributed by atoms with Crippen LogP contribution in [0.4, 0.5) is 0 Å². The van der Waals surface area contributed by atoms with E-state index < -0.39 is 0 Å². The van der Waals surface area contributed by atoms with Gasteiger partial charge in [0.25, 0.3) is 5.91 Å². The van der Waals surface area contributed by atoms with E-state index in [-0.39, 0.29) is 5.91 Å². The summed E-state index contributed by atoms with van der Waals surface area (Å²) in [6.45, 7) is 0.385. The summed E-state index contributed by atoms with van der Waals surface area (Å²) in [6, 6.07) is 11.2. The summed E-state index contributed by atoms with van der Waals surface area (Å²) < 4.78 is 6.89. The zero-order valence-corrected chi connectivity index (χ0v) is 12.5. The molecule has 0 bridgehead atoms. The number of hydrogen-bond donors (Lipinski definition) is 0. The van der Waals surface area contributed by atoms with Crippen molar-refractivity contribution in [3.63, 3.8) is 0 Å². The Balaban J connectivity index is 1.98. The van der Waals surface area contributed by atoms with Gasteiger partial charge in [-0.2, -0.15) is 0 Å². The van der Waals surface area contributed by atoms with E-state index in [4.69, 9.17) is 4.74 Å². The largest absolute Gasteiger partial charge is 0.497 e. The maximum atomic E-state index is 12.2. The monoisotopic (exact) mass is 282 g/mol. The highest BCUT2D eigenvalue weighted by atomic mass is 16.5. The molecular formula is C17H18N2O2. The van der Waals surface area contributed by atoms with Crippen molar-refractivity contribution in [2.45, 2.75) is 0 Å². The van der Waals surface area contributed by atoms with E-state index in [1.54, 1.807) is 29.7 Å². The van der Waals surface area contributed by atoms with Crippen LogP contribution < -0.4 is 4.74 Å². The summed E-state index contributed by atoms with van der Waals surface area (Å²) in [6.07, 6.45) is 1.85. The van der Waals surface area contributed by atoms with Crippen LogP contribution in [0.15, 0.2) is 42.6 Å². The quantitative estimate of drug-likeness (QED) is 0.809. The van der Waals surface area contributed by atoms with Crippen molar-refractivity contribution in [3.8, 4) is 17.6 Å². The van der Waals surface area contributed by atoms with Crippen LogP contribution in [0.25, 0.3) is 0 Å². The first-order valence-electron chi connectivity index (χ1n) is 6.61. The molecule has 1 amide bonds.